The van der Waals surface area contributed by atoms with E-state index in [0.717, 1.165) is 25.1 Å². The van der Waals surface area contributed by atoms with Gasteiger partial charge in [0.05, 0.1) is 5.69 Å². The molecule has 4 nitrogen and oxygen atoms in total. The second-order valence-electron chi connectivity index (χ2n) is 5.99. The topological polar surface area (TPSA) is 46.9 Å². The third-order valence-electron chi connectivity index (χ3n) is 3.80. The summed E-state index contributed by atoms with van der Waals surface area (Å²) in [4.78, 5) is 11.9. The van der Waals surface area contributed by atoms with Crippen LogP contribution >= 0.6 is 0 Å². The molecule has 2 rings (SSSR count). The summed E-state index contributed by atoms with van der Waals surface area (Å²) < 4.78 is 2.02. The zero-order valence-corrected chi connectivity index (χ0v) is 12.7. The summed E-state index contributed by atoms with van der Waals surface area (Å²) >= 11 is 0. The molecule has 1 heterocycles. The molecule has 0 spiro atoms. The number of nitrogens with one attached hydrogen (secondary N) is 1. The first-order chi connectivity index (χ1) is 9.54. The van der Waals surface area contributed by atoms with Crippen molar-refractivity contribution < 1.29 is 4.79 Å². The zero-order valence-electron chi connectivity index (χ0n) is 12.7. The minimum absolute atomic E-state index is 0.168. The minimum Gasteiger partial charge on any atom is -0.356 e. The largest absolute Gasteiger partial charge is 0.356 e. The van der Waals surface area contributed by atoms with Crippen LogP contribution in [0.1, 0.15) is 37.6 Å². The van der Waals surface area contributed by atoms with Gasteiger partial charge in [-0.25, -0.2) is 0 Å². The molecule has 1 N–H and O–H groups in total. The Bertz CT molecular complexity index is 490. The lowest BCUT2D eigenvalue weighted by atomic mass is 10.0. The minimum atomic E-state index is 0.168. The maximum absolute atomic E-state index is 11.9. The fraction of sp³-hybridized carbons (Fsp3) is 0.625. The van der Waals surface area contributed by atoms with Gasteiger partial charge in [0.15, 0.2) is 0 Å². The number of carbonyl (C=O) groups excluding carboxylic acids is 1. The van der Waals surface area contributed by atoms with Crippen molar-refractivity contribution >= 4 is 5.91 Å². The first-order valence-corrected chi connectivity index (χ1v) is 7.49. The monoisotopic (exact) mass is 275 g/mol. The molecule has 0 saturated carbocycles. The number of nitrogens with zero attached hydrogens (tertiary/aromatic N) is 2. The van der Waals surface area contributed by atoms with Gasteiger partial charge in [0.1, 0.15) is 0 Å². The highest BCUT2D eigenvalue weighted by atomic mass is 16.1. The van der Waals surface area contributed by atoms with Crippen molar-refractivity contribution in [1.82, 2.24) is 15.1 Å². The lowest BCUT2D eigenvalue weighted by molar-refractivity contribution is -0.121. The molecule has 0 radical (unpaired) electrons. The summed E-state index contributed by atoms with van der Waals surface area (Å²) in [6.45, 7) is 7.78. The summed E-state index contributed by atoms with van der Waals surface area (Å²) in [6, 6.07) is 2.08. The van der Waals surface area contributed by atoms with E-state index in [9.17, 15) is 4.79 Å². The van der Waals surface area contributed by atoms with Crippen LogP contribution in [0.4, 0.5) is 0 Å². The van der Waals surface area contributed by atoms with Crippen molar-refractivity contribution in [2.45, 2.75) is 46.6 Å². The molecular weight excluding hydrogens is 250 g/mol. The molecule has 20 heavy (non-hydrogen) atoms. The summed E-state index contributed by atoms with van der Waals surface area (Å²) in [7, 11) is 0. The number of hydrogen-bond donors (Lipinski definition) is 1. The van der Waals surface area contributed by atoms with Crippen LogP contribution in [0.2, 0.25) is 0 Å². The number of aryl methyl sites for hydroxylation is 2. The van der Waals surface area contributed by atoms with Crippen LogP contribution in [0.5, 0.6) is 0 Å². The van der Waals surface area contributed by atoms with E-state index in [0.29, 0.717) is 24.8 Å². The number of allylic oxidation sites excluding steroid dienone is 2. The highest BCUT2D eigenvalue weighted by molar-refractivity contribution is 5.76. The van der Waals surface area contributed by atoms with Crippen LogP contribution in [0.15, 0.2) is 18.2 Å². The zero-order chi connectivity index (χ0) is 14.5. The first-order valence-electron chi connectivity index (χ1n) is 7.49. The third-order valence-corrected chi connectivity index (χ3v) is 3.80. The Labute approximate surface area is 121 Å². The fourth-order valence-electron chi connectivity index (χ4n) is 2.68. The van der Waals surface area contributed by atoms with E-state index in [4.69, 9.17) is 0 Å². The van der Waals surface area contributed by atoms with Gasteiger partial charge in [-0.3, -0.25) is 9.48 Å². The number of amides is 1. The average Bonchev–Trinajstić information content (AvgIpc) is 2.98. The third kappa shape index (κ3) is 4.22. The summed E-state index contributed by atoms with van der Waals surface area (Å²) in [5.41, 5.74) is 2.23. The highest BCUT2D eigenvalue weighted by Crippen LogP contribution is 2.19. The molecule has 1 amide bonds. The predicted molar refractivity (Wildman–Crippen MR) is 80.4 cm³/mol. The lowest BCUT2D eigenvalue weighted by Crippen LogP contribution is -2.31. The molecule has 0 aliphatic heterocycles. The molecule has 2 atom stereocenters. The Morgan fingerprint density at radius 1 is 1.55 bits per heavy atom. The van der Waals surface area contributed by atoms with Gasteiger partial charge in [-0.1, -0.05) is 19.1 Å². The Balaban J connectivity index is 1.71. The van der Waals surface area contributed by atoms with Crippen LogP contribution in [0.25, 0.3) is 0 Å². The molecular formula is C16H25N3O. The van der Waals surface area contributed by atoms with Gasteiger partial charge in [0, 0.05) is 25.2 Å². The van der Waals surface area contributed by atoms with Crippen molar-refractivity contribution in [3.05, 3.63) is 29.6 Å². The number of hydrogen-bond acceptors (Lipinski definition) is 2. The highest BCUT2D eigenvalue weighted by Gasteiger charge is 2.14. The molecule has 1 aliphatic carbocycles. The van der Waals surface area contributed by atoms with Gasteiger partial charge in [-0.05, 0) is 44.6 Å². The van der Waals surface area contributed by atoms with Gasteiger partial charge in [-0.15, -0.1) is 0 Å². The molecule has 0 aromatic carbocycles. The maximum Gasteiger partial charge on any atom is 0.220 e. The van der Waals surface area contributed by atoms with E-state index in [1.54, 1.807) is 0 Å². The smallest absolute Gasteiger partial charge is 0.220 e. The van der Waals surface area contributed by atoms with Crippen molar-refractivity contribution in [1.29, 1.82) is 0 Å². The standard InChI is InChI=1S/C16H25N3O/c1-12(11-19-14(3)8-13(2)18-19)10-17-16(20)9-15-6-4-5-7-15/h4,6,8,12,15H,5,7,9-11H2,1-3H3,(H,17,20)/t12-,15+/m0/s1. The Hall–Kier alpha value is -1.58. The number of carbonyl (C=O) groups is 1. The molecule has 1 aromatic rings. The van der Waals surface area contributed by atoms with Gasteiger partial charge in [0.25, 0.3) is 0 Å². The van der Waals surface area contributed by atoms with E-state index in [1.807, 2.05) is 11.6 Å². The van der Waals surface area contributed by atoms with Gasteiger partial charge in [0.2, 0.25) is 5.91 Å². The second-order valence-corrected chi connectivity index (χ2v) is 5.99. The normalized spacial score (nSPS) is 19.2. The van der Waals surface area contributed by atoms with Crippen LogP contribution in [-0.4, -0.2) is 22.2 Å². The van der Waals surface area contributed by atoms with E-state index in [1.165, 1.54) is 5.69 Å². The molecule has 0 unspecified atom stereocenters. The molecule has 4 heteroatoms. The van der Waals surface area contributed by atoms with Gasteiger partial charge >= 0.3 is 0 Å². The van der Waals surface area contributed by atoms with E-state index in [-0.39, 0.29) is 5.91 Å². The Morgan fingerprint density at radius 3 is 2.95 bits per heavy atom. The summed E-state index contributed by atoms with van der Waals surface area (Å²) in [5.74, 6) is 0.999. The maximum atomic E-state index is 11.9. The molecule has 1 aromatic heterocycles. The van der Waals surface area contributed by atoms with Crippen LogP contribution < -0.4 is 5.32 Å². The van der Waals surface area contributed by atoms with E-state index >= 15 is 0 Å². The first kappa shape index (κ1) is 14.8. The van der Waals surface area contributed by atoms with Crippen LogP contribution in [0.3, 0.4) is 0 Å². The molecule has 110 valence electrons. The quantitative estimate of drug-likeness (QED) is 0.811. The molecule has 0 fully saturated rings. The predicted octanol–water partition coefficient (Wildman–Crippen LogP) is 2.61. The van der Waals surface area contributed by atoms with Gasteiger partial charge in [-0.2, -0.15) is 5.10 Å². The van der Waals surface area contributed by atoms with Crippen molar-refractivity contribution in [3.63, 3.8) is 0 Å². The van der Waals surface area contributed by atoms with Crippen LogP contribution in [-0.2, 0) is 11.3 Å². The Morgan fingerprint density at radius 2 is 2.35 bits per heavy atom. The summed E-state index contributed by atoms with van der Waals surface area (Å²) in [5, 5.41) is 7.50. The number of aromatic nitrogens is 2. The van der Waals surface area contributed by atoms with E-state index in [2.05, 4.69) is 42.5 Å². The van der Waals surface area contributed by atoms with Crippen molar-refractivity contribution in [3.8, 4) is 0 Å². The van der Waals surface area contributed by atoms with Gasteiger partial charge < -0.3 is 5.32 Å². The lowest BCUT2D eigenvalue weighted by Gasteiger charge is -2.15. The Kier molecular flexibility index (Phi) is 4.99. The molecule has 0 bridgehead atoms. The van der Waals surface area contributed by atoms with Crippen LogP contribution in [0, 0.1) is 25.7 Å². The van der Waals surface area contributed by atoms with Crippen molar-refractivity contribution in [2.24, 2.45) is 11.8 Å². The molecule has 0 saturated heterocycles. The molecule has 1 aliphatic rings. The SMILES string of the molecule is Cc1cc(C)n(C[C@@H](C)CNC(=O)C[C@@H]2C=CCC2)n1. The fourth-order valence-corrected chi connectivity index (χ4v) is 2.68. The number of rotatable bonds is 6. The second kappa shape index (κ2) is 6.73. The van der Waals surface area contributed by atoms with E-state index < -0.39 is 0 Å². The average molecular weight is 275 g/mol. The van der Waals surface area contributed by atoms with Crippen molar-refractivity contribution in [2.75, 3.05) is 6.54 Å². The summed E-state index contributed by atoms with van der Waals surface area (Å²) in [6.07, 6.45) is 7.20.